The van der Waals surface area contributed by atoms with Gasteiger partial charge in [-0.15, -0.1) is 0 Å². The first-order valence-electron chi connectivity index (χ1n) is 7.16. The molecule has 1 unspecified atom stereocenters. The summed E-state index contributed by atoms with van der Waals surface area (Å²) in [4.78, 5) is 20.3. The van der Waals surface area contributed by atoms with Crippen molar-refractivity contribution >= 4 is 23.2 Å². The van der Waals surface area contributed by atoms with E-state index in [2.05, 4.69) is 27.5 Å². The second-order valence-electron chi connectivity index (χ2n) is 5.33. The highest BCUT2D eigenvalue weighted by molar-refractivity contribution is 5.84. The number of aromatic nitrogens is 3. The molecular weight excluding hydrogens is 268 g/mol. The maximum absolute atomic E-state index is 11.6. The van der Waals surface area contributed by atoms with Crippen molar-refractivity contribution in [2.24, 2.45) is 11.7 Å². The number of fused-ring (bicyclic) bond motifs is 1. The maximum Gasteiger partial charge on any atom is 0.240 e. The zero-order valence-corrected chi connectivity index (χ0v) is 12.6. The summed E-state index contributed by atoms with van der Waals surface area (Å²) in [6.45, 7) is 6.79. The zero-order chi connectivity index (χ0) is 15.4. The molecule has 1 amide bonds. The normalized spacial score (nSPS) is 12.6. The van der Waals surface area contributed by atoms with Crippen LogP contribution in [0.4, 0.5) is 11.6 Å². The van der Waals surface area contributed by atoms with Gasteiger partial charge in [-0.2, -0.15) is 0 Å². The number of carbonyl (C=O) groups is 1. The van der Waals surface area contributed by atoms with Gasteiger partial charge in [-0.05, 0) is 12.3 Å². The van der Waals surface area contributed by atoms with Gasteiger partial charge in [0.15, 0.2) is 11.5 Å². The fraction of sp³-hybridized carbons (Fsp3) is 0.500. The number of amides is 1. The predicted molar refractivity (Wildman–Crippen MR) is 83.2 cm³/mol. The minimum Gasteiger partial charge on any atom is -0.369 e. The van der Waals surface area contributed by atoms with Crippen LogP contribution in [0.25, 0.3) is 5.65 Å². The van der Waals surface area contributed by atoms with E-state index in [0.717, 1.165) is 18.8 Å². The topological polar surface area (TPSA) is 97.3 Å². The van der Waals surface area contributed by atoms with Crippen LogP contribution in [0.3, 0.4) is 0 Å². The first kappa shape index (κ1) is 15.1. The molecule has 21 heavy (non-hydrogen) atoms. The summed E-state index contributed by atoms with van der Waals surface area (Å²) in [7, 11) is 0. The van der Waals surface area contributed by atoms with E-state index < -0.39 is 11.9 Å². The molecule has 0 bridgehead atoms. The molecule has 0 radical (unpaired) electrons. The summed E-state index contributed by atoms with van der Waals surface area (Å²) in [5.74, 6) is 0.949. The number of anilines is 2. The molecule has 4 N–H and O–H groups in total. The zero-order valence-electron chi connectivity index (χ0n) is 12.6. The molecule has 0 saturated heterocycles. The Morgan fingerprint density at radius 1 is 1.48 bits per heavy atom. The van der Waals surface area contributed by atoms with Crippen LogP contribution >= 0.6 is 0 Å². The van der Waals surface area contributed by atoms with E-state index in [4.69, 9.17) is 5.73 Å². The molecule has 1 atom stereocenters. The lowest BCUT2D eigenvalue weighted by molar-refractivity contribution is -0.119. The lowest BCUT2D eigenvalue weighted by Crippen LogP contribution is -2.40. The molecule has 2 rings (SSSR count). The lowest BCUT2D eigenvalue weighted by atomic mass is 10.0. The predicted octanol–water partition coefficient (Wildman–Crippen LogP) is 1.47. The minimum absolute atomic E-state index is 0.0616. The van der Waals surface area contributed by atoms with Gasteiger partial charge >= 0.3 is 0 Å². The number of hydrogen-bond acceptors (Lipinski definition) is 5. The third-order valence-electron chi connectivity index (χ3n) is 3.20. The van der Waals surface area contributed by atoms with Crippen molar-refractivity contribution in [1.29, 1.82) is 0 Å². The number of nitrogens with two attached hydrogens (primary N) is 1. The Labute approximate surface area is 124 Å². The number of carbonyl (C=O) groups excluding carboxylic acids is 1. The third-order valence-corrected chi connectivity index (χ3v) is 3.20. The van der Waals surface area contributed by atoms with Gasteiger partial charge in [0, 0.05) is 18.9 Å². The quantitative estimate of drug-likeness (QED) is 0.717. The molecule has 0 aliphatic heterocycles. The summed E-state index contributed by atoms with van der Waals surface area (Å²) >= 11 is 0. The van der Waals surface area contributed by atoms with Crippen LogP contribution < -0.4 is 16.4 Å². The maximum atomic E-state index is 11.6. The second-order valence-corrected chi connectivity index (χ2v) is 5.33. The van der Waals surface area contributed by atoms with E-state index in [9.17, 15) is 4.79 Å². The van der Waals surface area contributed by atoms with Crippen LogP contribution in [-0.2, 0) is 4.79 Å². The first-order valence-corrected chi connectivity index (χ1v) is 7.16. The molecular formula is C14H22N6O. The van der Waals surface area contributed by atoms with Gasteiger partial charge in [-0.1, -0.05) is 20.8 Å². The van der Waals surface area contributed by atoms with Gasteiger partial charge in [0.25, 0.3) is 0 Å². The van der Waals surface area contributed by atoms with Crippen LogP contribution in [0, 0.1) is 5.92 Å². The van der Waals surface area contributed by atoms with Crippen LogP contribution in [0.5, 0.6) is 0 Å². The van der Waals surface area contributed by atoms with Crippen LogP contribution in [0.1, 0.15) is 27.2 Å². The Kier molecular flexibility index (Phi) is 4.62. The number of nitrogens with zero attached hydrogens (tertiary/aromatic N) is 3. The number of primary amides is 1. The van der Waals surface area contributed by atoms with Crippen LogP contribution in [-0.4, -0.2) is 32.9 Å². The number of rotatable bonds is 7. The number of imidazole rings is 1. The fourth-order valence-corrected chi connectivity index (χ4v) is 2.08. The van der Waals surface area contributed by atoms with Crippen molar-refractivity contribution in [2.45, 2.75) is 33.2 Å². The minimum atomic E-state index is -0.487. The van der Waals surface area contributed by atoms with Crippen molar-refractivity contribution in [3.8, 4) is 0 Å². The molecule has 0 aromatic carbocycles. The molecule has 114 valence electrons. The average Bonchev–Trinajstić information content (AvgIpc) is 2.89. The van der Waals surface area contributed by atoms with Crippen LogP contribution in [0.15, 0.2) is 18.6 Å². The summed E-state index contributed by atoms with van der Waals surface area (Å²) in [6.07, 6.45) is 6.41. The summed E-state index contributed by atoms with van der Waals surface area (Å²) in [5, 5.41) is 6.35. The van der Waals surface area contributed by atoms with Crippen molar-refractivity contribution in [3.05, 3.63) is 18.6 Å². The van der Waals surface area contributed by atoms with E-state index in [0.29, 0.717) is 11.5 Å². The summed E-state index contributed by atoms with van der Waals surface area (Å²) in [5.41, 5.74) is 6.12. The van der Waals surface area contributed by atoms with E-state index >= 15 is 0 Å². The molecule has 2 aromatic heterocycles. The van der Waals surface area contributed by atoms with Crippen molar-refractivity contribution in [2.75, 3.05) is 17.2 Å². The highest BCUT2D eigenvalue weighted by Gasteiger charge is 2.21. The Morgan fingerprint density at radius 2 is 2.24 bits per heavy atom. The molecule has 0 saturated carbocycles. The van der Waals surface area contributed by atoms with Gasteiger partial charge in [-0.25, -0.2) is 9.97 Å². The highest BCUT2D eigenvalue weighted by atomic mass is 16.1. The van der Waals surface area contributed by atoms with Gasteiger partial charge in [0.1, 0.15) is 11.9 Å². The summed E-state index contributed by atoms with van der Waals surface area (Å²) < 4.78 is 1.87. The third kappa shape index (κ3) is 3.42. The second kappa shape index (κ2) is 6.43. The number of nitrogens with one attached hydrogen (secondary N) is 2. The number of hydrogen-bond donors (Lipinski definition) is 3. The molecule has 0 spiro atoms. The van der Waals surface area contributed by atoms with Gasteiger partial charge in [-0.3, -0.25) is 4.79 Å². The molecule has 7 heteroatoms. The van der Waals surface area contributed by atoms with Gasteiger partial charge < -0.3 is 20.8 Å². The Morgan fingerprint density at radius 3 is 2.86 bits per heavy atom. The molecule has 7 nitrogen and oxygen atoms in total. The monoisotopic (exact) mass is 290 g/mol. The van der Waals surface area contributed by atoms with Crippen molar-refractivity contribution in [1.82, 2.24) is 14.4 Å². The molecule has 0 aliphatic rings. The smallest absolute Gasteiger partial charge is 0.240 e. The van der Waals surface area contributed by atoms with Gasteiger partial charge in [0.2, 0.25) is 5.91 Å². The molecule has 2 aromatic rings. The van der Waals surface area contributed by atoms with E-state index in [1.165, 1.54) is 0 Å². The molecule has 0 fully saturated rings. The van der Waals surface area contributed by atoms with Crippen molar-refractivity contribution < 1.29 is 4.79 Å². The highest BCUT2D eigenvalue weighted by Crippen LogP contribution is 2.19. The Bertz CT molecular complexity index is 621. The standard InChI is InChI=1S/C14H22N6O/c1-4-5-16-10-8-20-7-6-17-14(20)13(18-10)19-11(9(2)3)12(15)21/h6-9,11,16H,4-5H2,1-3H3,(H2,15,21)(H,18,19). The summed E-state index contributed by atoms with van der Waals surface area (Å²) in [6, 6.07) is -0.487. The van der Waals surface area contributed by atoms with E-state index in [-0.39, 0.29) is 5.92 Å². The fourth-order valence-electron chi connectivity index (χ4n) is 2.08. The van der Waals surface area contributed by atoms with E-state index in [1.807, 2.05) is 30.6 Å². The first-order chi connectivity index (χ1) is 10.0. The van der Waals surface area contributed by atoms with Crippen molar-refractivity contribution in [3.63, 3.8) is 0 Å². The van der Waals surface area contributed by atoms with E-state index in [1.54, 1.807) is 6.20 Å². The molecule has 0 aliphatic carbocycles. The SMILES string of the molecule is CCCNc1cn2ccnc2c(NC(C(N)=O)C(C)C)n1. The lowest BCUT2D eigenvalue weighted by Gasteiger charge is -2.20. The molecule has 2 heterocycles. The Hall–Kier alpha value is -2.31. The Balaban J connectivity index is 2.36. The largest absolute Gasteiger partial charge is 0.369 e. The average molecular weight is 290 g/mol. The van der Waals surface area contributed by atoms with Crippen LogP contribution in [0.2, 0.25) is 0 Å². The van der Waals surface area contributed by atoms with Gasteiger partial charge in [0.05, 0.1) is 6.20 Å².